The van der Waals surface area contributed by atoms with Crippen LogP contribution in [-0.4, -0.2) is 24.6 Å². The SMILES string of the molecule is CCCCCOC(=O)/C(C)=C(/C)C(=O)OC(C)C. The summed E-state index contributed by atoms with van der Waals surface area (Å²) in [7, 11) is 0. The van der Waals surface area contributed by atoms with Gasteiger partial charge in [0.05, 0.1) is 12.7 Å². The Bertz CT molecular complexity index is 316. The molecule has 0 bridgehead atoms. The zero-order chi connectivity index (χ0) is 14.1. The van der Waals surface area contributed by atoms with E-state index in [0.717, 1.165) is 19.3 Å². The number of carbonyl (C=O) groups excluding carboxylic acids is 2. The lowest BCUT2D eigenvalue weighted by atomic mass is 10.1. The van der Waals surface area contributed by atoms with Crippen LogP contribution in [0.1, 0.15) is 53.9 Å². The molecule has 0 aromatic heterocycles. The van der Waals surface area contributed by atoms with Crippen molar-refractivity contribution in [3.63, 3.8) is 0 Å². The average molecular weight is 256 g/mol. The van der Waals surface area contributed by atoms with E-state index in [2.05, 4.69) is 6.92 Å². The van der Waals surface area contributed by atoms with E-state index in [1.54, 1.807) is 27.7 Å². The number of hydrogen-bond donors (Lipinski definition) is 0. The van der Waals surface area contributed by atoms with E-state index in [4.69, 9.17) is 9.47 Å². The van der Waals surface area contributed by atoms with Gasteiger partial charge in [0.1, 0.15) is 0 Å². The van der Waals surface area contributed by atoms with Crippen LogP contribution in [-0.2, 0) is 19.1 Å². The van der Waals surface area contributed by atoms with E-state index < -0.39 is 11.9 Å². The molecule has 0 fully saturated rings. The molecule has 0 N–H and O–H groups in total. The minimum Gasteiger partial charge on any atom is -0.462 e. The van der Waals surface area contributed by atoms with Crippen molar-refractivity contribution in [2.24, 2.45) is 0 Å². The van der Waals surface area contributed by atoms with Crippen LogP contribution < -0.4 is 0 Å². The first kappa shape index (κ1) is 16.7. The molecule has 0 aliphatic carbocycles. The number of rotatable bonds is 7. The maximum absolute atomic E-state index is 11.6. The van der Waals surface area contributed by atoms with Crippen LogP contribution in [0.25, 0.3) is 0 Å². The summed E-state index contributed by atoms with van der Waals surface area (Å²) in [6.45, 7) is 9.18. The molecule has 4 heteroatoms. The third-order valence-corrected chi connectivity index (χ3v) is 2.50. The molecule has 0 heterocycles. The second-order valence-corrected chi connectivity index (χ2v) is 4.55. The molecule has 0 radical (unpaired) electrons. The molecule has 0 aliphatic heterocycles. The molecule has 0 atom stereocenters. The topological polar surface area (TPSA) is 52.6 Å². The fourth-order valence-electron chi connectivity index (χ4n) is 1.23. The zero-order valence-electron chi connectivity index (χ0n) is 12.0. The predicted octanol–water partition coefficient (Wildman–Crippen LogP) is 3.01. The van der Waals surface area contributed by atoms with Crippen LogP contribution in [0.3, 0.4) is 0 Å². The lowest BCUT2D eigenvalue weighted by molar-refractivity contribution is -0.144. The van der Waals surface area contributed by atoms with Gasteiger partial charge in [0, 0.05) is 11.1 Å². The predicted molar refractivity (Wildman–Crippen MR) is 70.1 cm³/mol. The number of ether oxygens (including phenoxy) is 2. The molecule has 4 nitrogen and oxygen atoms in total. The van der Waals surface area contributed by atoms with Crippen molar-refractivity contribution in [3.05, 3.63) is 11.1 Å². The van der Waals surface area contributed by atoms with Gasteiger partial charge >= 0.3 is 11.9 Å². The summed E-state index contributed by atoms with van der Waals surface area (Å²) in [5, 5.41) is 0. The van der Waals surface area contributed by atoms with Gasteiger partial charge in [-0.3, -0.25) is 0 Å². The van der Waals surface area contributed by atoms with Crippen molar-refractivity contribution in [2.75, 3.05) is 6.61 Å². The molecular weight excluding hydrogens is 232 g/mol. The first-order valence-electron chi connectivity index (χ1n) is 6.45. The first-order valence-corrected chi connectivity index (χ1v) is 6.45. The third-order valence-electron chi connectivity index (χ3n) is 2.50. The van der Waals surface area contributed by atoms with Gasteiger partial charge in [-0.2, -0.15) is 0 Å². The van der Waals surface area contributed by atoms with Crippen LogP contribution in [0.5, 0.6) is 0 Å². The lowest BCUT2D eigenvalue weighted by Crippen LogP contribution is -2.16. The minimum absolute atomic E-state index is 0.194. The summed E-state index contributed by atoms with van der Waals surface area (Å²) >= 11 is 0. The van der Waals surface area contributed by atoms with E-state index >= 15 is 0 Å². The quantitative estimate of drug-likeness (QED) is 0.399. The molecule has 0 saturated heterocycles. The molecule has 0 rings (SSSR count). The Morgan fingerprint density at radius 3 is 2.06 bits per heavy atom. The highest BCUT2D eigenvalue weighted by molar-refractivity contribution is 5.99. The van der Waals surface area contributed by atoms with Crippen LogP contribution in [0, 0.1) is 0 Å². The monoisotopic (exact) mass is 256 g/mol. The van der Waals surface area contributed by atoms with E-state index in [0.29, 0.717) is 17.8 Å². The highest BCUT2D eigenvalue weighted by Gasteiger charge is 2.16. The van der Waals surface area contributed by atoms with E-state index in [1.807, 2.05) is 0 Å². The van der Waals surface area contributed by atoms with Gasteiger partial charge < -0.3 is 9.47 Å². The van der Waals surface area contributed by atoms with Crippen molar-refractivity contribution in [2.45, 2.75) is 60.0 Å². The van der Waals surface area contributed by atoms with Crippen molar-refractivity contribution >= 4 is 11.9 Å². The van der Waals surface area contributed by atoms with Crippen molar-refractivity contribution in [1.82, 2.24) is 0 Å². The molecule has 0 amide bonds. The summed E-state index contributed by atoms with van der Waals surface area (Å²) in [4.78, 5) is 23.2. The largest absolute Gasteiger partial charge is 0.462 e. The van der Waals surface area contributed by atoms with Crippen molar-refractivity contribution in [3.8, 4) is 0 Å². The number of unbranched alkanes of at least 4 members (excludes halogenated alkanes) is 2. The maximum atomic E-state index is 11.6. The van der Waals surface area contributed by atoms with Gasteiger partial charge in [0.15, 0.2) is 0 Å². The van der Waals surface area contributed by atoms with E-state index in [9.17, 15) is 9.59 Å². The summed E-state index contributed by atoms with van der Waals surface area (Å²) in [6.07, 6.45) is 2.77. The smallest absolute Gasteiger partial charge is 0.334 e. The van der Waals surface area contributed by atoms with Gasteiger partial charge in [-0.25, -0.2) is 9.59 Å². The highest BCUT2D eigenvalue weighted by Crippen LogP contribution is 2.09. The first-order chi connectivity index (χ1) is 8.40. The minimum atomic E-state index is -0.465. The van der Waals surface area contributed by atoms with Gasteiger partial charge in [-0.15, -0.1) is 0 Å². The molecule has 104 valence electrons. The van der Waals surface area contributed by atoms with Crippen molar-refractivity contribution < 1.29 is 19.1 Å². The fraction of sp³-hybridized carbons (Fsp3) is 0.714. The summed E-state index contributed by atoms with van der Waals surface area (Å²) in [5.74, 6) is -0.905. The third kappa shape index (κ3) is 6.42. The second-order valence-electron chi connectivity index (χ2n) is 4.55. The summed E-state index contributed by atoms with van der Waals surface area (Å²) < 4.78 is 10.1. The highest BCUT2D eigenvalue weighted by atomic mass is 16.5. The van der Waals surface area contributed by atoms with Crippen LogP contribution >= 0.6 is 0 Å². The molecule has 0 aromatic rings. The Morgan fingerprint density at radius 1 is 1.00 bits per heavy atom. The van der Waals surface area contributed by atoms with Crippen molar-refractivity contribution in [1.29, 1.82) is 0 Å². The Balaban J connectivity index is 4.35. The van der Waals surface area contributed by atoms with E-state index in [-0.39, 0.29) is 6.10 Å². The molecule has 0 saturated carbocycles. The Labute approximate surface area is 109 Å². The standard InChI is InChI=1S/C14H24O4/c1-6-7-8-9-17-13(15)11(4)12(5)14(16)18-10(2)3/h10H,6-9H2,1-5H3/b12-11-. The molecule has 0 spiro atoms. The van der Waals surface area contributed by atoms with E-state index in [1.165, 1.54) is 0 Å². The van der Waals surface area contributed by atoms with Crippen LogP contribution in [0.4, 0.5) is 0 Å². The average Bonchev–Trinajstić information content (AvgIpc) is 2.31. The normalized spacial score (nSPS) is 12.1. The Hall–Kier alpha value is -1.32. The molecule has 18 heavy (non-hydrogen) atoms. The van der Waals surface area contributed by atoms with Gasteiger partial charge in [0.25, 0.3) is 0 Å². The molecule has 0 unspecified atom stereocenters. The number of carbonyl (C=O) groups is 2. The van der Waals surface area contributed by atoms with Gasteiger partial charge in [-0.1, -0.05) is 19.8 Å². The lowest BCUT2D eigenvalue weighted by Gasteiger charge is -2.10. The summed E-state index contributed by atoms with van der Waals surface area (Å²) in [6, 6.07) is 0. The second kappa shape index (κ2) is 8.72. The molecule has 0 aromatic carbocycles. The summed E-state index contributed by atoms with van der Waals surface area (Å²) in [5.41, 5.74) is 0.626. The number of esters is 2. The van der Waals surface area contributed by atoms with Crippen LogP contribution in [0.2, 0.25) is 0 Å². The van der Waals surface area contributed by atoms with Gasteiger partial charge in [0.2, 0.25) is 0 Å². The van der Waals surface area contributed by atoms with Gasteiger partial charge in [-0.05, 0) is 34.1 Å². The number of hydrogen-bond acceptors (Lipinski definition) is 4. The fourth-order valence-corrected chi connectivity index (χ4v) is 1.23. The molecular formula is C14H24O4. The zero-order valence-corrected chi connectivity index (χ0v) is 12.0. The Morgan fingerprint density at radius 2 is 1.56 bits per heavy atom. The maximum Gasteiger partial charge on any atom is 0.334 e. The molecule has 0 aliphatic rings. The van der Waals surface area contributed by atoms with Crippen LogP contribution in [0.15, 0.2) is 11.1 Å². The Kier molecular flexibility index (Phi) is 8.08.